The van der Waals surface area contributed by atoms with Gasteiger partial charge in [-0.15, -0.1) is 0 Å². The first-order chi connectivity index (χ1) is 14.3. The zero-order chi connectivity index (χ0) is 21.6. The van der Waals surface area contributed by atoms with E-state index in [1.807, 2.05) is 13.8 Å². The summed E-state index contributed by atoms with van der Waals surface area (Å²) >= 11 is 0. The topological polar surface area (TPSA) is 96.2 Å². The molecule has 30 heavy (non-hydrogen) atoms. The third-order valence-corrected chi connectivity index (χ3v) is 5.52. The highest BCUT2D eigenvalue weighted by atomic mass is 19.1. The van der Waals surface area contributed by atoms with Gasteiger partial charge in [0.1, 0.15) is 6.54 Å². The highest BCUT2D eigenvalue weighted by molar-refractivity contribution is 6.07. The number of amides is 2. The number of rotatable bonds is 3. The molecule has 0 bridgehead atoms. The molecular weight excluding hydrogens is 395 g/mol. The Kier molecular flexibility index (Phi) is 5.19. The predicted octanol–water partition coefficient (Wildman–Crippen LogP) is 1.31. The van der Waals surface area contributed by atoms with Crippen LogP contribution in [-0.2, 0) is 9.53 Å². The third-order valence-electron chi connectivity index (χ3n) is 5.52. The van der Waals surface area contributed by atoms with Crippen molar-refractivity contribution in [1.29, 1.82) is 0 Å². The van der Waals surface area contributed by atoms with Gasteiger partial charge in [0.2, 0.25) is 11.5 Å². The number of carbonyl (C=O) groups is 3. The largest absolute Gasteiger partial charge is 0.372 e. The molecule has 1 aromatic heterocycles. The van der Waals surface area contributed by atoms with Crippen molar-refractivity contribution in [3.63, 3.8) is 0 Å². The molecule has 10 heteroatoms. The van der Waals surface area contributed by atoms with Crippen LogP contribution >= 0.6 is 0 Å². The van der Waals surface area contributed by atoms with Crippen molar-refractivity contribution in [3.05, 3.63) is 23.1 Å². The van der Waals surface area contributed by atoms with Gasteiger partial charge in [-0.05, 0) is 19.9 Å². The van der Waals surface area contributed by atoms with Crippen LogP contribution in [0.2, 0.25) is 0 Å². The lowest BCUT2D eigenvalue weighted by molar-refractivity contribution is -0.133. The molecule has 2 aromatic rings. The van der Waals surface area contributed by atoms with Gasteiger partial charge in [0.05, 0.1) is 23.3 Å². The lowest BCUT2D eigenvalue weighted by atomic mass is 10.1. The van der Waals surface area contributed by atoms with Gasteiger partial charge in [0, 0.05) is 38.8 Å². The Morgan fingerprint density at radius 3 is 2.60 bits per heavy atom. The maximum absolute atomic E-state index is 15.4. The zero-order valence-corrected chi connectivity index (χ0v) is 17.1. The van der Waals surface area contributed by atoms with Crippen LogP contribution in [0.25, 0.3) is 11.0 Å². The summed E-state index contributed by atoms with van der Waals surface area (Å²) in [6.45, 7) is 5.22. The van der Waals surface area contributed by atoms with Gasteiger partial charge in [-0.1, -0.05) is 5.16 Å². The Balaban J connectivity index is 1.74. The Labute approximate surface area is 172 Å². The molecule has 0 radical (unpaired) electrons. The summed E-state index contributed by atoms with van der Waals surface area (Å²) in [5.74, 6) is -1.47. The standard InChI is InChI=1S/C20H23FN4O5/c1-11-7-25(8-12(2)29-11)18-13(10-26)6-14-17(22-30-19(14)16(18)21)20(28)24-5-4-23(3)15(27)9-24/h6,10-12H,4-5,7-9H2,1-3H3. The molecule has 2 aliphatic rings. The molecule has 2 fully saturated rings. The molecule has 0 saturated carbocycles. The minimum atomic E-state index is -0.739. The van der Waals surface area contributed by atoms with E-state index in [9.17, 15) is 14.4 Å². The minimum Gasteiger partial charge on any atom is -0.372 e. The molecule has 9 nitrogen and oxygen atoms in total. The van der Waals surface area contributed by atoms with Crippen molar-refractivity contribution in [2.75, 3.05) is 44.7 Å². The number of hydrogen-bond acceptors (Lipinski definition) is 7. The molecule has 2 atom stereocenters. The van der Waals surface area contributed by atoms with Gasteiger partial charge >= 0.3 is 0 Å². The molecule has 2 amide bonds. The normalized spacial score (nSPS) is 22.7. The van der Waals surface area contributed by atoms with Gasteiger partial charge in [0.15, 0.2) is 17.8 Å². The predicted molar refractivity (Wildman–Crippen MR) is 105 cm³/mol. The summed E-state index contributed by atoms with van der Waals surface area (Å²) < 4.78 is 26.3. The van der Waals surface area contributed by atoms with E-state index in [-0.39, 0.29) is 52.6 Å². The molecule has 0 spiro atoms. The summed E-state index contributed by atoms with van der Waals surface area (Å²) in [5.41, 5.74) is -0.0803. The second-order valence-corrected chi connectivity index (χ2v) is 7.86. The lowest BCUT2D eigenvalue weighted by Crippen LogP contribution is -2.50. The second kappa shape index (κ2) is 7.67. The number of morpholine rings is 1. The van der Waals surface area contributed by atoms with Crippen LogP contribution in [-0.4, -0.2) is 85.0 Å². The van der Waals surface area contributed by atoms with Crippen molar-refractivity contribution in [3.8, 4) is 0 Å². The number of piperazine rings is 1. The highest BCUT2D eigenvalue weighted by Gasteiger charge is 2.32. The van der Waals surface area contributed by atoms with E-state index < -0.39 is 11.7 Å². The fraction of sp³-hybridized carbons (Fsp3) is 0.500. The zero-order valence-electron chi connectivity index (χ0n) is 17.1. The molecule has 3 heterocycles. The van der Waals surface area contributed by atoms with Crippen molar-refractivity contribution >= 4 is 34.8 Å². The van der Waals surface area contributed by atoms with E-state index in [4.69, 9.17) is 9.26 Å². The average Bonchev–Trinajstić information content (AvgIpc) is 3.12. The van der Waals surface area contributed by atoms with E-state index in [1.165, 1.54) is 15.9 Å². The van der Waals surface area contributed by atoms with Gasteiger partial charge in [-0.2, -0.15) is 0 Å². The first kappa shape index (κ1) is 20.3. The van der Waals surface area contributed by atoms with Crippen LogP contribution in [0.15, 0.2) is 10.6 Å². The van der Waals surface area contributed by atoms with Crippen LogP contribution < -0.4 is 4.90 Å². The number of carbonyl (C=O) groups excluding carboxylic acids is 3. The summed E-state index contributed by atoms with van der Waals surface area (Å²) in [7, 11) is 1.66. The maximum atomic E-state index is 15.4. The van der Waals surface area contributed by atoms with E-state index in [0.29, 0.717) is 32.5 Å². The molecular formula is C20H23FN4O5. The Bertz CT molecular complexity index is 1010. The molecule has 2 saturated heterocycles. The number of aromatic nitrogens is 1. The first-order valence-corrected chi connectivity index (χ1v) is 9.80. The molecule has 160 valence electrons. The van der Waals surface area contributed by atoms with Crippen molar-refractivity contribution < 1.29 is 28.0 Å². The van der Waals surface area contributed by atoms with Gasteiger partial charge in [-0.3, -0.25) is 14.4 Å². The summed E-state index contributed by atoms with van der Waals surface area (Å²) in [4.78, 5) is 41.3. The number of anilines is 1. The Morgan fingerprint density at radius 1 is 1.27 bits per heavy atom. The van der Waals surface area contributed by atoms with Crippen molar-refractivity contribution in [2.45, 2.75) is 26.1 Å². The fourth-order valence-corrected chi connectivity index (χ4v) is 4.06. The van der Waals surface area contributed by atoms with Crippen LogP contribution in [0, 0.1) is 5.82 Å². The molecule has 2 unspecified atom stereocenters. The number of ether oxygens (including phenoxy) is 1. The number of aldehydes is 1. The first-order valence-electron chi connectivity index (χ1n) is 9.80. The lowest BCUT2D eigenvalue weighted by Gasteiger charge is -2.37. The van der Waals surface area contributed by atoms with Crippen LogP contribution in [0.3, 0.4) is 0 Å². The van der Waals surface area contributed by atoms with Gasteiger partial charge < -0.3 is 24.0 Å². The summed E-state index contributed by atoms with van der Waals surface area (Å²) in [6.07, 6.45) is 0.290. The monoisotopic (exact) mass is 418 g/mol. The number of likely N-dealkylation sites (N-methyl/N-ethyl adjacent to an activating group) is 1. The van der Waals surface area contributed by atoms with E-state index in [1.54, 1.807) is 11.9 Å². The average molecular weight is 418 g/mol. The molecule has 1 aromatic carbocycles. The van der Waals surface area contributed by atoms with Crippen LogP contribution in [0.5, 0.6) is 0 Å². The summed E-state index contributed by atoms with van der Waals surface area (Å²) in [5, 5.41) is 3.89. The number of nitrogens with zero attached hydrogens (tertiary/aromatic N) is 4. The SMILES string of the molecule is CC1CN(c2c(C=O)cc3c(C(=O)N4CCN(C)C(=O)C4)noc3c2F)CC(C)O1. The van der Waals surface area contributed by atoms with Gasteiger partial charge in [-0.25, -0.2) is 4.39 Å². The van der Waals surface area contributed by atoms with Gasteiger partial charge in [0.25, 0.3) is 5.91 Å². The van der Waals surface area contributed by atoms with Crippen molar-refractivity contribution in [2.24, 2.45) is 0 Å². The van der Waals surface area contributed by atoms with Crippen LogP contribution in [0.4, 0.5) is 10.1 Å². The van der Waals surface area contributed by atoms with Crippen LogP contribution in [0.1, 0.15) is 34.7 Å². The minimum absolute atomic E-state index is 0.0889. The second-order valence-electron chi connectivity index (χ2n) is 7.86. The fourth-order valence-electron chi connectivity index (χ4n) is 4.06. The summed E-state index contributed by atoms with van der Waals surface area (Å²) in [6, 6.07) is 1.42. The van der Waals surface area contributed by atoms with E-state index >= 15 is 4.39 Å². The molecule has 0 aliphatic carbocycles. The molecule has 4 rings (SSSR count). The quantitative estimate of drug-likeness (QED) is 0.694. The molecule has 0 N–H and O–H groups in total. The maximum Gasteiger partial charge on any atom is 0.277 e. The third kappa shape index (κ3) is 3.41. The number of benzene rings is 1. The number of hydrogen-bond donors (Lipinski definition) is 0. The van der Waals surface area contributed by atoms with E-state index in [0.717, 1.165) is 0 Å². The number of fused-ring (bicyclic) bond motifs is 1. The smallest absolute Gasteiger partial charge is 0.277 e. The van der Waals surface area contributed by atoms with E-state index in [2.05, 4.69) is 5.16 Å². The number of halogens is 1. The molecule has 2 aliphatic heterocycles. The van der Waals surface area contributed by atoms with Crippen molar-refractivity contribution in [1.82, 2.24) is 15.0 Å². The Hall–Kier alpha value is -3.01. The highest BCUT2D eigenvalue weighted by Crippen LogP contribution is 2.34. The Morgan fingerprint density at radius 2 is 1.97 bits per heavy atom.